The molecule has 0 radical (unpaired) electrons. The van der Waals surface area contributed by atoms with E-state index in [0.29, 0.717) is 12.3 Å². The van der Waals surface area contributed by atoms with Crippen molar-refractivity contribution in [3.8, 4) is 11.1 Å². The van der Waals surface area contributed by atoms with E-state index >= 15 is 8.78 Å². The molecule has 3 heterocycles. The van der Waals surface area contributed by atoms with Crippen molar-refractivity contribution < 1.29 is 113 Å². The second kappa shape index (κ2) is 23.1. The minimum Gasteiger partial charge on any atom is -0.480 e. The molecule has 23 nitrogen and oxygen atoms in total. The molecule has 0 aliphatic heterocycles. The molecule has 83 heavy (non-hydrogen) atoms. The third kappa shape index (κ3) is 14.7. The molecule has 0 saturated heterocycles. The number of hydrogen-bond acceptors (Lipinski definition) is 15. The Hall–Kier alpha value is -6.65. The van der Waals surface area contributed by atoms with Gasteiger partial charge in [-0.05, 0) is 75.3 Å². The van der Waals surface area contributed by atoms with Gasteiger partial charge in [0.2, 0.25) is 22.7 Å². The van der Waals surface area contributed by atoms with Crippen molar-refractivity contribution in [3.05, 3.63) is 93.0 Å². The van der Waals surface area contributed by atoms with E-state index < -0.39 is 200 Å². The van der Waals surface area contributed by atoms with Gasteiger partial charge in [0.15, 0.2) is 21.3 Å². The molecular weight excluding hydrogens is 1230 g/mol. The number of carboxylic acids is 1. The number of phosphoric ester groups is 1. The Kier molecular flexibility index (Phi) is 17.8. The summed E-state index contributed by atoms with van der Waals surface area (Å²) >= 11 is 6.63. The van der Waals surface area contributed by atoms with Crippen LogP contribution in [0.2, 0.25) is 5.02 Å². The van der Waals surface area contributed by atoms with Crippen LogP contribution >= 0.6 is 19.4 Å². The largest absolute Gasteiger partial charge is 0.480 e. The highest BCUT2D eigenvalue weighted by Crippen LogP contribution is 2.68. The standard InChI is InChI=1S/C46H46ClF10N8O15PS2/c1-43(2,82(3,74)75)10-9-25-5-6-26(36(58-25)31(15-22-13-23(48)16-24(49)14-22)59-32(66)18-63-39-34(38(60-63)46(55,56)57)28-17-29(28)45(39,53)54)27-7-8-30(47)35-37(27)64(20-44(50,51)52)61-40(35)65(83(4,76)77)42(70)78-12-11-62(19-33(67)68)41(69)79-21-80-81(71,72)73/h5-8,13-14,16,28-29,31H,9-12,15,17-21H2,1-4H3,(H,59,66)(H,67,68)(H2,71,72,73)/t28-,29?,31-/m0/s1. The average molecular weight is 1270 g/mol. The van der Waals surface area contributed by atoms with Crippen LogP contribution in [0.5, 0.6) is 0 Å². The van der Waals surface area contributed by atoms with Crippen LogP contribution in [-0.2, 0) is 86.0 Å². The van der Waals surface area contributed by atoms with E-state index in [1.807, 2.05) is 0 Å². The van der Waals surface area contributed by atoms with Crippen molar-refractivity contribution in [2.75, 3.05) is 43.3 Å². The van der Waals surface area contributed by atoms with E-state index in [4.69, 9.17) is 26.1 Å². The summed E-state index contributed by atoms with van der Waals surface area (Å²) in [7, 11) is -14.2. The van der Waals surface area contributed by atoms with Crippen molar-refractivity contribution in [1.82, 2.24) is 34.8 Å². The Bertz CT molecular complexity index is 3670. The number of pyridine rings is 1. The molecule has 454 valence electrons. The lowest BCUT2D eigenvalue weighted by atomic mass is 9.93. The molecule has 3 amide bonds. The van der Waals surface area contributed by atoms with Crippen LogP contribution in [0.3, 0.4) is 0 Å². The number of aliphatic carboxylic acids is 1. The summed E-state index contributed by atoms with van der Waals surface area (Å²) in [6.45, 7) is -5.51. The maximum atomic E-state index is 15.7. The molecule has 0 spiro atoms. The monoisotopic (exact) mass is 1270 g/mol. The van der Waals surface area contributed by atoms with Gasteiger partial charge in [0.25, 0.3) is 5.92 Å². The first-order chi connectivity index (χ1) is 38.1. The highest BCUT2D eigenvalue weighted by molar-refractivity contribution is 7.92. The minimum atomic E-state index is -5.27. The second-order valence-electron chi connectivity index (χ2n) is 19.7. The summed E-state index contributed by atoms with van der Waals surface area (Å²) in [4.78, 5) is 74.8. The molecule has 2 aromatic carbocycles. The smallest absolute Gasteiger partial charge is 0.472 e. The Labute approximate surface area is 467 Å². The quantitative estimate of drug-likeness (QED) is 0.0299. The summed E-state index contributed by atoms with van der Waals surface area (Å²) in [6, 6.07) is 4.53. The number of halogens is 11. The fourth-order valence-corrected chi connectivity index (χ4v) is 10.8. The summed E-state index contributed by atoms with van der Waals surface area (Å²) in [5.41, 5.74) is -6.10. The predicted molar refractivity (Wildman–Crippen MR) is 267 cm³/mol. The van der Waals surface area contributed by atoms with Gasteiger partial charge in [-0.15, -0.1) is 0 Å². The van der Waals surface area contributed by atoms with Crippen LogP contribution in [0.1, 0.15) is 72.6 Å². The Morgan fingerprint density at radius 1 is 0.928 bits per heavy atom. The van der Waals surface area contributed by atoms with Gasteiger partial charge in [0.1, 0.15) is 43.6 Å². The van der Waals surface area contributed by atoms with Crippen molar-refractivity contribution >= 4 is 80.1 Å². The highest BCUT2D eigenvalue weighted by Gasteiger charge is 2.68. The van der Waals surface area contributed by atoms with Crippen molar-refractivity contribution in [2.45, 2.75) is 87.6 Å². The number of rotatable bonds is 22. The average Bonchev–Trinajstić information content (AvgIpc) is 1.54. The molecule has 1 fully saturated rings. The van der Waals surface area contributed by atoms with Crippen LogP contribution in [-0.4, -0.2) is 135 Å². The molecule has 0 bridgehead atoms. The van der Waals surface area contributed by atoms with Crippen molar-refractivity contribution in [1.29, 1.82) is 0 Å². The Morgan fingerprint density at radius 2 is 1.57 bits per heavy atom. The molecule has 7 rings (SSSR count). The number of ether oxygens (including phenoxy) is 2. The lowest BCUT2D eigenvalue weighted by Gasteiger charge is -2.25. The number of carboxylic acid groups (broad SMARTS) is 1. The number of aromatic nitrogens is 5. The number of sulfone groups is 1. The SMILES string of the molecule is CC(C)(CCc1ccc(-c2ccc(Cl)c3c(N(C(=O)OCCN(CC(=O)O)C(=O)OCOP(=O)(O)O)S(C)(=O)=O)nn(CC(F)(F)F)c23)c([C@H](Cc2cc(F)cc(F)c2)NC(=O)Cn2nc(C(F)(F)F)c3c2C(F)(F)C2C[C@H]32)n1)S(C)(=O)=O. The minimum absolute atomic E-state index is 0.0333. The number of carbonyl (C=O) groups excluding carboxylic acids is 3. The number of nitrogens with one attached hydrogen (secondary N) is 1. The zero-order valence-electron chi connectivity index (χ0n) is 43.1. The van der Waals surface area contributed by atoms with Gasteiger partial charge in [-0.1, -0.05) is 23.7 Å². The fourth-order valence-electron chi connectivity index (χ4n) is 9.13. The van der Waals surface area contributed by atoms with E-state index in [2.05, 4.69) is 29.8 Å². The van der Waals surface area contributed by atoms with Crippen LogP contribution in [0.4, 0.5) is 59.3 Å². The second-order valence-corrected chi connectivity index (χ2v) is 25.9. The molecular formula is C46H46ClF10N8O15PS2. The lowest BCUT2D eigenvalue weighted by Crippen LogP contribution is -2.41. The maximum Gasteiger partial charge on any atom is 0.472 e. The number of sulfonamides is 1. The fraction of sp³-hybridized carbons (Fsp3) is 0.457. The van der Waals surface area contributed by atoms with E-state index in [-0.39, 0.29) is 54.7 Å². The predicted octanol–water partition coefficient (Wildman–Crippen LogP) is 7.37. The zero-order chi connectivity index (χ0) is 61.9. The van der Waals surface area contributed by atoms with Gasteiger partial charge in [0, 0.05) is 40.6 Å². The number of aryl methyl sites for hydroxylation is 1. The lowest BCUT2D eigenvalue weighted by molar-refractivity contribution is -0.143. The van der Waals surface area contributed by atoms with E-state index in [1.54, 1.807) is 0 Å². The first kappa shape index (κ1) is 63.9. The Balaban J connectivity index is 1.39. The van der Waals surface area contributed by atoms with Crippen LogP contribution in [0.25, 0.3) is 22.0 Å². The Morgan fingerprint density at radius 3 is 2.14 bits per heavy atom. The molecule has 1 saturated carbocycles. The van der Waals surface area contributed by atoms with Crippen molar-refractivity contribution in [2.24, 2.45) is 5.92 Å². The molecule has 5 aromatic rings. The van der Waals surface area contributed by atoms with Gasteiger partial charge in [-0.2, -0.15) is 49.6 Å². The first-order valence-corrected chi connectivity index (χ1v) is 29.5. The molecule has 4 N–H and O–H groups in total. The van der Waals surface area contributed by atoms with Crippen molar-refractivity contribution in [3.63, 3.8) is 0 Å². The number of phosphoric acid groups is 1. The van der Waals surface area contributed by atoms with Crippen LogP contribution < -0.4 is 9.62 Å². The zero-order valence-corrected chi connectivity index (χ0v) is 46.4. The number of fused-ring (bicyclic) bond motifs is 4. The summed E-state index contributed by atoms with van der Waals surface area (Å²) in [5, 5.41) is 17.5. The first-order valence-electron chi connectivity index (χ1n) is 23.8. The number of hydrogen-bond donors (Lipinski definition) is 4. The van der Waals surface area contributed by atoms with Crippen LogP contribution in [0, 0.1) is 17.6 Å². The highest BCUT2D eigenvalue weighted by atomic mass is 35.5. The van der Waals surface area contributed by atoms with Gasteiger partial charge in [0.05, 0.1) is 45.2 Å². The molecule has 2 aliphatic rings. The summed E-state index contributed by atoms with van der Waals surface area (Å²) < 4.78 is 224. The summed E-state index contributed by atoms with van der Waals surface area (Å²) in [6.07, 6.45) is -14.3. The van der Waals surface area contributed by atoms with E-state index in [0.717, 1.165) is 36.6 Å². The number of amides is 3. The van der Waals surface area contributed by atoms with Gasteiger partial charge >= 0.3 is 38.3 Å². The van der Waals surface area contributed by atoms with Gasteiger partial charge < -0.3 is 29.7 Å². The normalized spacial score (nSPS) is 16.5. The van der Waals surface area contributed by atoms with Gasteiger partial charge in [-0.25, -0.2) is 44.3 Å². The molecule has 3 aromatic heterocycles. The summed E-state index contributed by atoms with van der Waals surface area (Å²) in [5.74, 6) is -13.4. The number of benzene rings is 2. The molecule has 1 unspecified atom stereocenters. The maximum absolute atomic E-state index is 15.7. The topological polar surface area (TPSA) is 309 Å². The number of anilines is 1. The number of nitrogens with zero attached hydrogens (tertiary/aromatic N) is 7. The van der Waals surface area contributed by atoms with E-state index in [1.165, 1.54) is 19.9 Å². The molecule has 3 atom stereocenters. The number of carbonyl (C=O) groups is 4. The molecule has 37 heteroatoms. The number of alkyl halides is 8. The van der Waals surface area contributed by atoms with E-state index in [9.17, 15) is 80.8 Å². The van der Waals surface area contributed by atoms with Crippen LogP contribution in [0.15, 0.2) is 42.5 Å². The molecule has 2 aliphatic carbocycles. The third-order valence-corrected chi connectivity index (χ3v) is 17.2. The van der Waals surface area contributed by atoms with Gasteiger partial charge in [-0.3, -0.25) is 28.8 Å². The third-order valence-electron chi connectivity index (χ3n) is 13.2.